The number of halogens is 1. The molecule has 25 heavy (non-hydrogen) atoms. The van der Waals surface area contributed by atoms with E-state index in [1.165, 1.54) is 35.8 Å². The second-order valence-corrected chi connectivity index (χ2v) is 6.59. The van der Waals surface area contributed by atoms with Crippen molar-refractivity contribution >= 4 is 23.6 Å². The molecule has 4 nitrogen and oxygen atoms in total. The number of nitrogens with zero attached hydrogens (tertiary/aromatic N) is 1. The second kappa shape index (κ2) is 9.22. The maximum Gasteiger partial charge on any atom is 0.242 e. The second-order valence-electron chi connectivity index (χ2n) is 5.54. The number of likely N-dealkylation sites (N-methyl/N-ethyl adjacent to an activating group) is 1. The Labute approximate surface area is 151 Å². The van der Waals surface area contributed by atoms with E-state index in [4.69, 9.17) is 0 Å². The van der Waals surface area contributed by atoms with Crippen LogP contribution in [0.5, 0.6) is 0 Å². The molecule has 1 atom stereocenters. The summed E-state index contributed by atoms with van der Waals surface area (Å²) in [5.41, 5.74) is 0.773. The molecule has 0 aliphatic carbocycles. The highest BCUT2D eigenvalue weighted by atomic mass is 32.2. The van der Waals surface area contributed by atoms with E-state index >= 15 is 0 Å². The summed E-state index contributed by atoms with van der Waals surface area (Å²) in [7, 11) is 1.54. The van der Waals surface area contributed by atoms with Crippen LogP contribution in [0.25, 0.3) is 0 Å². The van der Waals surface area contributed by atoms with Crippen molar-refractivity contribution in [3.05, 3.63) is 66.0 Å². The zero-order valence-electron chi connectivity index (χ0n) is 14.2. The summed E-state index contributed by atoms with van der Waals surface area (Å²) in [4.78, 5) is 27.2. The predicted octanol–water partition coefficient (Wildman–Crippen LogP) is 3.08. The molecule has 2 aromatic rings. The van der Waals surface area contributed by atoms with Crippen LogP contribution in [0.4, 0.5) is 4.39 Å². The molecule has 0 aliphatic heterocycles. The van der Waals surface area contributed by atoms with Crippen molar-refractivity contribution in [1.29, 1.82) is 0 Å². The summed E-state index contributed by atoms with van der Waals surface area (Å²) >= 11 is 1.42. The first-order chi connectivity index (χ1) is 12.0. The molecule has 2 aromatic carbocycles. The average molecular weight is 360 g/mol. The molecule has 1 N–H and O–H groups in total. The largest absolute Gasteiger partial charge is 0.357 e. The minimum absolute atomic E-state index is 0.144. The topological polar surface area (TPSA) is 49.4 Å². The number of carbonyl (C=O) groups is 2. The maximum absolute atomic E-state index is 13.1. The quantitative estimate of drug-likeness (QED) is 0.772. The van der Waals surface area contributed by atoms with Gasteiger partial charge in [-0.3, -0.25) is 9.59 Å². The zero-order chi connectivity index (χ0) is 18.2. The van der Waals surface area contributed by atoms with Gasteiger partial charge in [-0.2, -0.15) is 0 Å². The Balaban J connectivity index is 2.10. The van der Waals surface area contributed by atoms with Crippen LogP contribution in [0.15, 0.2) is 59.5 Å². The number of hydrogen-bond donors (Lipinski definition) is 1. The highest BCUT2D eigenvalue weighted by Crippen LogP contribution is 2.19. The van der Waals surface area contributed by atoms with Gasteiger partial charge in [0.25, 0.3) is 0 Å². The van der Waals surface area contributed by atoms with E-state index in [0.29, 0.717) is 0 Å². The molecule has 0 saturated carbocycles. The van der Waals surface area contributed by atoms with Crippen molar-refractivity contribution in [3.63, 3.8) is 0 Å². The molecule has 0 heterocycles. The number of rotatable bonds is 7. The lowest BCUT2D eigenvalue weighted by Gasteiger charge is -2.28. The standard InChI is InChI=1S/C19H21FN2O2S/c1-14(19(24)21-2)22(12-15-8-10-16(20)11-9-15)18(23)13-25-17-6-4-3-5-7-17/h3-11,14H,12-13H2,1-2H3,(H,21,24)/t14-/m0/s1. The van der Waals surface area contributed by atoms with Crippen LogP contribution in [-0.4, -0.2) is 35.6 Å². The molecule has 2 amide bonds. The monoisotopic (exact) mass is 360 g/mol. The summed E-state index contributed by atoms with van der Waals surface area (Å²) in [6, 6.07) is 14.9. The van der Waals surface area contributed by atoms with Crippen molar-refractivity contribution in [1.82, 2.24) is 10.2 Å². The van der Waals surface area contributed by atoms with E-state index in [9.17, 15) is 14.0 Å². The van der Waals surface area contributed by atoms with Crippen LogP contribution in [-0.2, 0) is 16.1 Å². The molecule has 0 saturated heterocycles. The summed E-state index contributed by atoms with van der Waals surface area (Å²) in [5, 5.41) is 2.57. The van der Waals surface area contributed by atoms with Gasteiger partial charge in [0.05, 0.1) is 5.75 Å². The molecule has 2 rings (SSSR count). The fourth-order valence-corrected chi connectivity index (χ4v) is 3.13. The normalized spacial score (nSPS) is 11.6. The van der Waals surface area contributed by atoms with Gasteiger partial charge in [0.15, 0.2) is 0 Å². The maximum atomic E-state index is 13.1. The highest BCUT2D eigenvalue weighted by molar-refractivity contribution is 8.00. The van der Waals surface area contributed by atoms with E-state index in [0.717, 1.165) is 10.5 Å². The molecule has 132 valence electrons. The Morgan fingerprint density at radius 2 is 1.76 bits per heavy atom. The van der Waals surface area contributed by atoms with Gasteiger partial charge < -0.3 is 10.2 Å². The molecular formula is C19H21FN2O2S. The summed E-state index contributed by atoms with van der Waals surface area (Å²) in [6.45, 7) is 1.94. The molecule has 0 radical (unpaired) electrons. The molecule has 0 spiro atoms. The summed E-state index contributed by atoms with van der Waals surface area (Å²) in [5.74, 6) is -0.484. The summed E-state index contributed by atoms with van der Waals surface area (Å²) in [6.07, 6.45) is 0. The number of amides is 2. The van der Waals surface area contributed by atoms with Crippen LogP contribution >= 0.6 is 11.8 Å². The van der Waals surface area contributed by atoms with E-state index in [-0.39, 0.29) is 29.9 Å². The third kappa shape index (κ3) is 5.60. The lowest BCUT2D eigenvalue weighted by molar-refractivity contribution is -0.138. The van der Waals surface area contributed by atoms with Crippen LogP contribution in [0.3, 0.4) is 0 Å². The van der Waals surface area contributed by atoms with Crippen LogP contribution in [0.1, 0.15) is 12.5 Å². The van der Waals surface area contributed by atoms with Gasteiger partial charge in [0, 0.05) is 18.5 Å². The van der Waals surface area contributed by atoms with Crippen LogP contribution in [0, 0.1) is 5.82 Å². The van der Waals surface area contributed by atoms with Crippen molar-refractivity contribution < 1.29 is 14.0 Å². The fraction of sp³-hybridized carbons (Fsp3) is 0.263. The number of thioether (sulfide) groups is 1. The van der Waals surface area contributed by atoms with E-state index < -0.39 is 6.04 Å². The minimum Gasteiger partial charge on any atom is -0.357 e. The lowest BCUT2D eigenvalue weighted by Crippen LogP contribution is -2.47. The highest BCUT2D eigenvalue weighted by Gasteiger charge is 2.25. The number of benzene rings is 2. The minimum atomic E-state index is -0.612. The van der Waals surface area contributed by atoms with Gasteiger partial charge in [-0.25, -0.2) is 4.39 Å². The third-order valence-corrected chi connectivity index (χ3v) is 4.78. The van der Waals surface area contributed by atoms with Gasteiger partial charge in [0.2, 0.25) is 11.8 Å². The van der Waals surface area contributed by atoms with Gasteiger partial charge in [-0.05, 0) is 36.8 Å². The van der Waals surface area contributed by atoms with Crippen molar-refractivity contribution in [3.8, 4) is 0 Å². The van der Waals surface area contributed by atoms with E-state index in [1.807, 2.05) is 30.3 Å². The first-order valence-corrected chi connectivity index (χ1v) is 8.93. The molecule has 6 heteroatoms. The van der Waals surface area contributed by atoms with E-state index in [1.54, 1.807) is 19.1 Å². The third-order valence-electron chi connectivity index (χ3n) is 3.79. The van der Waals surface area contributed by atoms with Crippen molar-refractivity contribution in [2.75, 3.05) is 12.8 Å². The molecular weight excluding hydrogens is 339 g/mol. The predicted molar refractivity (Wildman–Crippen MR) is 97.6 cm³/mol. The zero-order valence-corrected chi connectivity index (χ0v) is 15.1. The Hall–Kier alpha value is -2.34. The summed E-state index contributed by atoms with van der Waals surface area (Å²) < 4.78 is 13.1. The van der Waals surface area contributed by atoms with Gasteiger partial charge in [-0.1, -0.05) is 30.3 Å². The van der Waals surface area contributed by atoms with Gasteiger partial charge in [0.1, 0.15) is 11.9 Å². The first-order valence-electron chi connectivity index (χ1n) is 7.94. The van der Waals surface area contributed by atoms with E-state index in [2.05, 4.69) is 5.32 Å². The fourth-order valence-electron chi connectivity index (χ4n) is 2.32. The smallest absolute Gasteiger partial charge is 0.242 e. The van der Waals surface area contributed by atoms with Crippen molar-refractivity contribution in [2.24, 2.45) is 0 Å². The number of nitrogens with one attached hydrogen (secondary N) is 1. The molecule has 0 aromatic heterocycles. The van der Waals surface area contributed by atoms with Crippen LogP contribution < -0.4 is 5.32 Å². The Morgan fingerprint density at radius 1 is 1.12 bits per heavy atom. The SMILES string of the molecule is CNC(=O)[C@H](C)N(Cc1ccc(F)cc1)C(=O)CSc1ccccc1. The van der Waals surface area contributed by atoms with Gasteiger partial charge in [-0.15, -0.1) is 11.8 Å². The molecule has 0 bridgehead atoms. The Morgan fingerprint density at radius 3 is 2.36 bits per heavy atom. The Bertz CT molecular complexity index is 707. The number of carbonyl (C=O) groups excluding carboxylic acids is 2. The van der Waals surface area contributed by atoms with Gasteiger partial charge >= 0.3 is 0 Å². The van der Waals surface area contributed by atoms with Crippen molar-refractivity contribution in [2.45, 2.75) is 24.4 Å². The van der Waals surface area contributed by atoms with Crippen LogP contribution in [0.2, 0.25) is 0 Å². The molecule has 0 unspecified atom stereocenters. The first kappa shape index (κ1) is 19.0. The molecule has 0 aliphatic rings. The Kier molecular flexibility index (Phi) is 7.01. The number of hydrogen-bond acceptors (Lipinski definition) is 3. The molecule has 0 fully saturated rings. The average Bonchev–Trinajstić information content (AvgIpc) is 2.65. The lowest BCUT2D eigenvalue weighted by atomic mass is 10.1.